The van der Waals surface area contributed by atoms with Gasteiger partial charge in [0.1, 0.15) is 0 Å². The quantitative estimate of drug-likeness (QED) is 0.850. The van der Waals surface area contributed by atoms with Crippen LogP contribution in [0.3, 0.4) is 0 Å². The van der Waals surface area contributed by atoms with Crippen LogP contribution in [0, 0.1) is 5.92 Å². The fourth-order valence-corrected chi connectivity index (χ4v) is 4.87. The molecular formula is C17H21NO3S. The van der Waals surface area contributed by atoms with Crippen LogP contribution in [-0.2, 0) is 20.3 Å². The number of para-hydroxylation sites is 1. The van der Waals surface area contributed by atoms with Crippen LogP contribution in [0.25, 0.3) is 10.9 Å². The number of rotatable bonds is 5. The minimum atomic E-state index is -3.16. The van der Waals surface area contributed by atoms with Crippen LogP contribution in [0.5, 0.6) is 0 Å². The number of nitrogens with zero attached hydrogens (tertiary/aromatic N) is 1. The van der Waals surface area contributed by atoms with Crippen molar-refractivity contribution < 1.29 is 13.2 Å². The third-order valence-corrected chi connectivity index (χ3v) is 5.96. The van der Waals surface area contributed by atoms with E-state index in [1.807, 2.05) is 37.3 Å². The number of sulfone groups is 1. The van der Waals surface area contributed by atoms with Crippen molar-refractivity contribution in [3.05, 3.63) is 42.1 Å². The summed E-state index contributed by atoms with van der Waals surface area (Å²) in [6, 6.07) is 9.65. The van der Waals surface area contributed by atoms with E-state index in [0.29, 0.717) is 0 Å². The maximum atomic E-state index is 12.4. The molecule has 0 spiro atoms. The van der Waals surface area contributed by atoms with Crippen molar-refractivity contribution in [2.24, 2.45) is 5.92 Å². The van der Waals surface area contributed by atoms with Crippen molar-refractivity contribution in [2.75, 3.05) is 12.4 Å². The summed E-state index contributed by atoms with van der Waals surface area (Å²) >= 11 is 0. The molecule has 4 nitrogen and oxygen atoms in total. The molecule has 1 aliphatic rings. The highest BCUT2D eigenvalue weighted by Crippen LogP contribution is 2.23. The predicted molar refractivity (Wildman–Crippen MR) is 87.4 cm³/mol. The van der Waals surface area contributed by atoms with E-state index in [4.69, 9.17) is 4.74 Å². The molecule has 1 aromatic heterocycles. The van der Waals surface area contributed by atoms with Gasteiger partial charge in [-0.05, 0) is 36.5 Å². The van der Waals surface area contributed by atoms with Crippen molar-refractivity contribution in [1.82, 2.24) is 4.98 Å². The fraction of sp³-hybridized carbons (Fsp3) is 0.471. The number of hydrogen-bond donors (Lipinski definition) is 0. The Morgan fingerprint density at radius 1 is 1.36 bits per heavy atom. The van der Waals surface area contributed by atoms with Crippen LogP contribution >= 0.6 is 0 Å². The minimum absolute atomic E-state index is 0.0425. The number of hydrogen-bond acceptors (Lipinski definition) is 4. The molecule has 22 heavy (non-hydrogen) atoms. The highest BCUT2D eigenvalue weighted by molar-refractivity contribution is 7.90. The zero-order chi connectivity index (χ0) is 15.6. The topological polar surface area (TPSA) is 56.3 Å². The van der Waals surface area contributed by atoms with Crippen LogP contribution in [0.4, 0.5) is 0 Å². The van der Waals surface area contributed by atoms with E-state index in [9.17, 15) is 8.42 Å². The summed E-state index contributed by atoms with van der Waals surface area (Å²) in [6.07, 6.45) is 3.75. The van der Waals surface area contributed by atoms with Gasteiger partial charge < -0.3 is 4.74 Å². The lowest BCUT2D eigenvalue weighted by Gasteiger charge is -2.18. The normalized spacial score (nSPS) is 20.3. The second kappa shape index (κ2) is 6.34. The average Bonchev–Trinajstić information content (AvgIpc) is 3.00. The molecule has 1 fully saturated rings. The Morgan fingerprint density at radius 3 is 2.95 bits per heavy atom. The summed E-state index contributed by atoms with van der Waals surface area (Å²) in [5.74, 6) is 0.257. The largest absolute Gasteiger partial charge is 0.378 e. The molecule has 1 aromatic carbocycles. The fourth-order valence-electron chi connectivity index (χ4n) is 3.07. The van der Waals surface area contributed by atoms with Crippen molar-refractivity contribution >= 4 is 20.7 Å². The van der Waals surface area contributed by atoms with Crippen molar-refractivity contribution in [3.63, 3.8) is 0 Å². The number of benzene rings is 1. The van der Waals surface area contributed by atoms with E-state index in [1.165, 1.54) is 0 Å². The number of pyridine rings is 1. The monoisotopic (exact) mass is 319 g/mol. The Kier molecular flexibility index (Phi) is 4.45. The van der Waals surface area contributed by atoms with Gasteiger partial charge in [0.25, 0.3) is 0 Å². The van der Waals surface area contributed by atoms with E-state index in [1.54, 1.807) is 6.20 Å². The van der Waals surface area contributed by atoms with Crippen LogP contribution in [0.15, 0.2) is 36.5 Å². The van der Waals surface area contributed by atoms with Gasteiger partial charge in [0, 0.05) is 18.2 Å². The molecule has 0 unspecified atom stereocenters. The average molecular weight is 319 g/mol. The Labute approximate surface area is 131 Å². The highest BCUT2D eigenvalue weighted by Gasteiger charge is 2.27. The molecule has 2 atom stereocenters. The van der Waals surface area contributed by atoms with E-state index < -0.39 is 9.84 Å². The molecule has 2 aromatic rings. The molecule has 0 amide bonds. The van der Waals surface area contributed by atoms with E-state index in [-0.39, 0.29) is 23.5 Å². The number of fused-ring (bicyclic) bond motifs is 1. The Balaban J connectivity index is 1.71. The third-order valence-electron chi connectivity index (χ3n) is 4.15. The number of ether oxygens (including phenoxy) is 1. The van der Waals surface area contributed by atoms with Gasteiger partial charge in [-0.25, -0.2) is 8.42 Å². The Bertz CT molecular complexity index is 751. The van der Waals surface area contributed by atoms with Gasteiger partial charge in [0.2, 0.25) is 0 Å². The van der Waals surface area contributed by atoms with Gasteiger partial charge >= 0.3 is 0 Å². The second-order valence-electron chi connectivity index (χ2n) is 6.12. The molecule has 2 heterocycles. The molecule has 0 aliphatic carbocycles. The molecule has 0 radical (unpaired) electrons. The second-order valence-corrected chi connectivity index (χ2v) is 8.23. The molecule has 3 rings (SSSR count). The smallest absolute Gasteiger partial charge is 0.154 e. The van der Waals surface area contributed by atoms with Gasteiger partial charge in [-0.3, -0.25) is 4.98 Å². The van der Waals surface area contributed by atoms with E-state index in [0.717, 1.165) is 35.9 Å². The molecule has 5 heteroatoms. The van der Waals surface area contributed by atoms with Gasteiger partial charge in [0.15, 0.2) is 9.84 Å². The number of aromatic nitrogens is 1. The molecule has 0 N–H and O–H groups in total. The standard InChI is InChI=1S/C17H21NO3S/c1-13(17-7-4-8-21-17)11-22(19,20)12-14-9-15-5-2-3-6-16(15)18-10-14/h2-3,5-6,9-10,13,17H,4,7-8,11-12H2,1H3/t13-,17-/m1/s1. The van der Waals surface area contributed by atoms with Crippen LogP contribution in [-0.4, -0.2) is 31.9 Å². The molecule has 1 saturated heterocycles. The summed E-state index contributed by atoms with van der Waals surface area (Å²) in [6.45, 7) is 2.72. The van der Waals surface area contributed by atoms with Crippen LogP contribution in [0.1, 0.15) is 25.3 Å². The van der Waals surface area contributed by atoms with Gasteiger partial charge in [-0.2, -0.15) is 0 Å². The first kappa shape index (κ1) is 15.4. The molecule has 0 bridgehead atoms. The van der Waals surface area contributed by atoms with E-state index >= 15 is 0 Å². The zero-order valence-electron chi connectivity index (χ0n) is 12.7. The highest BCUT2D eigenvalue weighted by atomic mass is 32.2. The first-order chi connectivity index (χ1) is 10.5. The molecule has 0 saturated carbocycles. The van der Waals surface area contributed by atoms with E-state index in [2.05, 4.69) is 4.98 Å². The zero-order valence-corrected chi connectivity index (χ0v) is 13.6. The van der Waals surface area contributed by atoms with Crippen molar-refractivity contribution in [3.8, 4) is 0 Å². The van der Waals surface area contributed by atoms with Crippen molar-refractivity contribution in [1.29, 1.82) is 0 Å². The maximum absolute atomic E-state index is 12.4. The summed E-state index contributed by atoms with van der Waals surface area (Å²) in [5.41, 5.74) is 1.63. The summed E-state index contributed by atoms with van der Waals surface area (Å²) in [7, 11) is -3.16. The lowest BCUT2D eigenvalue weighted by Crippen LogP contribution is -2.25. The Hall–Kier alpha value is -1.46. The van der Waals surface area contributed by atoms with Gasteiger partial charge in [-0.15, -0.1) is 0 Å². The minimum Gasteiger partial charge on any atom is -0.378 e. The van der Waals surface area contributed by atoms with Gasteiger partial charge in [-0.1, -0.05) is 25.1 Å². The lowest BCUT2D eigenvalue weighted by atomic mass is 10.0. The summed E-state index contributed by atoms with van der Waals surface area (Å²) in [5, 5.41) is 0.974. The first-order valence-electron chi connectivity index (χ1n) is 7.69. The molecule has 1 aliphatic heterocycles. The van der Waals surface area contributed by atoms with Crippen LogP contribution < -0.4 is 0 Å². The Morgan fingerprint density at radius 2 is 2.18 bits per heavy atom. The SMILES string of the molecule is C[C@H](CS(=O)(=O)Cc1cnc2ccccc2c1)[C@H]1CCCO1. The molecular weight excluding hydrogens is 298 g/mol. The van der Waals surface area contributed by atoms with Crippen LogP contribution in [0.2, 0.25) is 0 Å². The molecule has 118 valence electrons. The summed E-state index contributed by atoms with van der Waals surface area (Å²) < 4.78 is 30.4. The van der Waals surface area contributed by atoms with Crippen molar-refractivity contribution in [2.45, 2.75) is 31.6 Å². The predicted octanol–water partition coefficient (Wildman–Crippen LogP) is 2.96. The third kappa shape index (κ3) is 3.65. The maximum Gasteiger partial charge on any atom is 0.154 e. The van der Waals surface area contributed by atoms with Gasteiger partial charge in [0.05, 0.1) is 23.1 Å². The lowest BCUT2D eigenvalue weighted by molar-refractivity contribution is 0.0767. The first-order valence-corrected chi connectivity index (χ1v) is 9.51. The summed E-state index contributed by atoms with van der Waals surface area (Å²) in [4.78, 5) is 4.33.